The van der Waals surface area contributed by atoms with Gasteiger partial charge in [-0.1, -0.05) is 6.08 Å². The molecule has 0 fully saturated rings. The Morgan fingerprint density at radius 3 is 3.43 bits per heavy atom. The maximum absolute atomic E-state index is 4.00. The van der Waals surface area contributed by atoms with Gasteiger partial charge in [-0.25, -0.2) is 0 Å². The lowest BCUT2D eigenvalue weighted by atomic mass is 10.3. The van der Waals surface area contributed by atoms with E-state index in [1.165, 1.54) is 0 Å². The first-order valence-corrected chi connectivity index (χ1v) is 2.53. The first kappa shape index (κ1) is 4.57. The maximum Gasteiger partial charge on any atom is 0.0635 e. The SMILES string of the molecule is [C]1=CCCC=NC1. The van der Waals surface area contributed by atoms with Crippen LogP contribution in [0.25, 0.3) is 0 Å². The maximum atomic E-state index is 4.00. The third kappa shape index (κ3) is 1.53. The van der Waals surface area contributed by atoms with E-state index in [2.05, 4.69) is 11.1 Å². The molecule has 1 radical (unpaired) electrons. The number of hydrogen-bond donors (Lipinski definition) is 0. The van der Waals surface area contributed by atoms with Gasteiger partial charge >= 0.3 is 0 Å². The van der Waals surface area contributed by atoms with E-state index in [-0.39, 0.29) is 0 Å². The molecular formula is C6H8N. The largest absolute Gasteiger partial charge is 0.293 e. The van der Waals surface area contributed by atoms with Crippen molar-refractivity contribution in [2.24, 2.45) is 4.99 Å². The molecule has 0 unspecified atom stereocenters. The van der Waals surface area contributed by atoms with Crippen molar-refractivity contribution < 1.29 is 0 Å². The summed E-state index contributed by atoms with van der Waals surface area (Å²) in [5, 5.41) is 0. The molecule has 0 amide bonds. The minimum absolute atomic E-state index is 0.764. The lowest BCUT2D eigenvalue weighted by molar-refractivity contribution is 1.12. The van der Waals surface area contributed by atoms with Crippen LogP contribution in [0.15, 0.2) is 11.1 Å². The molecule has 0 aromatic rings. The highest BCUT2D eigenvalue weighted by molar-refractivity contribution is 5.57. The second-order valence-corrected chi connectivity index (χ2v) is 1.51. The standard InChI is InChI=1S/C6H8N/c1-2-4-6-7-5-3-1/h1,6H,2,4-5H2. The average molecular weight is 94.1 g/mol. The first-order chi connectivity index (χ1) is 3.50. The van der Waals surface area contributed by atoms with E-state index in [4.69, 9.17) is 0 Å². The highest BCUT2D eigenvalue weighted by Gasteiger charge is 1.80. The van der Waals surface area contributed by atoms with Crippen LogP contribution in [0.2, 0.25) is 0 Å². The van der Waals surface area contributed by atoms with Crippen molar-refractivity contribution in [3.8, 4) is 0 Å². The van der Waals surface area contributed by atoms with E-state index in [0.29, 0.717) is 0 Å². The minimum Gasteiger partial charge on any atom is -0.293 e. The third-order valence-electron chi connectivity index (χ3n) is 0.896. The van der Waals surface area contributed by atoms with Gasteiger partial charge in [0, 0.05) is 0 Å². The summed E-state index contributed by atoms with van der Waals surface area (Å²) in [6, 6.07) is 0. The van der Waals surface area contributed by atoms with E-state index in [0.717, 1.165) is 19.4 Å². The Balaban J connectivity index is 2.38. The van der Waals surface area contributed by atoms with E-state index >= 15 is 0 Å². The fourth-order valence-electron chi connectivity index (χ4n) is 0.533. The van der Waals surface area contributed by atoms with Gasteiger partial charge in [-0.05, 0) is 25.1 Å². The van der Waals surface area contributed by atoms with Gasteiger partial charge in [0.25, 0.3) is 0 Å². The van der Waals surface area contributed by atoms with Crippen LogP contribution in [-0.4, -0.2) is 12.8 Å². The summed E-state index contributed by atoms with van der Waals surface area (Å²) < 4.78 is 0. The summed E-state index contributed by atoms with van der Waals surface area (Å²) in [6.07, 6.45) is 9.23. The van der Waals surface area contributed by atoms with Crippen molar-refractivity contribution in [3.63, 3.8) is 0 Å². The van der Waals surface area contributed by atoms with Gasteiger partial charge in [0.05, 0.1) is 6.54 Å². The van der Waals surface area contributed by atoms with Gasteiger partial charge < -0.3 is 0 Å². The summed E-state index contributed by atoms with van der Waals surface area (Å²) in [4.78, 5) is 4.00. The summed E-state index contributed by atoms with van der Waals surface area (Å²) >= 11 is 0. The molecule has 0 saturated heterocycles. The molecule has 0 spiro atoms. The Hall–Kier alpha value is -0.590. The molecule has 1 heterocycles. The normalized spacial score (nSPS) is 19.4. The molecule has 0 aliphatic carbocycles. The summed E-state index contributed by atoms with van der Waals surface area (Å²) in [7, 11) is 0. The van der Waals surface area contributed by atoms with Gasteiger partial charge in [-0.3, -0.25) is 4.99 Å². The highest BCUT2D eigenvalue weighted by atomic mass is 14.7. The Labute approximate surface area is 43.8 Å². The van der Waals surface area contributed by atoms with Crippen molar-refractivity contribution in [3.05, 3.63) is 12.2 Å². The van der Waals surface area contributed by atoms with Crippen LogP contribution >= 0.6 is 0 Å². The average Bonchev–Trinajstić information content (AvgIpc) is 1.90. The van der Waals surface area contributed by atoms with Crippen LogP contribution in [0, 0.1) is 6.08 Å². The van der Waals surface area contributed by atoms with Crippen molar-refractivity contribution in [2.75, 3.05) is 6.54 Å². The van der Waals surface area contributed by atoms with Gasteiger partial charge in [0.15, 0.2) is 0 Å². The topological polar surface area (TPSA) is 12.4 Å². The Morgan fingerprint density at radius 1 is 1.43 bits per heavy atom. The molecule has 0 saturated carbocycles. The Bertz CT molecular complexity index is 80.4. The first-order valence-electron chi connectivity index (χ1n) is 2.53. The Morgan fingerprint density at radius 2 is 2.43 bits per heavy atom. The van der Waals surface area contributed by atoms with E-state index in [1.807, 2.05) is 12.3 Å². The summed E-state index contributed by atoms with van der Waals surface area (Å²) in [5.41, 5.74) is 0. The van der Waals surface area contributed by atoms with E-state index in [9.17, 15) is 0 Å². The van der Waals surface area contributed by atoms with Crippen LogP contribution in [0.1, 0.15) is 12.8 Å². The molecule has 1 aliphatic heterocycles. The fourth-order valence-corrected chi connectivity index (χ4v) is 0.533. The molecule has 1 heteroatoms. The van der Waals surface area contributed by atoms with Gasteiger partial charge in [-0.15, -0.1) is 0 Å². The molecule has 1 rings (SSSR count). The quantitative estimate of drug-likeness (QED) is 0.428. The molecule has 1 nitrogen and oxygen atoms in total. The van der Waals surface area contributed by atoms with E-state index in [1.54, 1.807) is 0 Å². The number of hydrogen-bond acceptors (Lipinski definition) is 1. The third-order valence-corrected chi connectivity index (χ3v) is 0.896. The minimum atomic E-state index is 0.764. The molecule has 7 heavy (non-hydrogen) atoms. The van der Waals surface area contributed by atoms with Crippen LogP contribution in [-0.2, 0) is 0 Å². The predicted octanol–water partition coefficient (Wildman–Crippen LogP) is 1.21. The predicted molar refractivity (Wildman–Crippen MR) is 30.4 cm³/mol. The van der Waals surface area contributed by atoms with Crippen LogP contribution < -0.4 is 0 Å². The van der Waals surface area contributed by atoms with Gasteiger partial charge in [-0.2, -0.15) is 0 Å². The molecular weight excluding hydrogens is 86.1 g/mol. The molecule has 1 aliphatic rings. The lowest BCUT2D eigenvalue weighted by Crippen LogP contribution is -1.69. The van der Waals surface area contributed by atoms with Crippen molar-refractivity contribution in [1.29, 1.82) is 0 Å². The van der Waals surface area contributed by atoms with Gasteiger partial charge in [0.2, 0.25) is 0 Å². The smallest absolute Gasteiger partial charge is 0.0635 e. The number of aliphatic imine (C=N–C) groups is 1. The Kier molecular flexibility index (Phi) is 1.67. The molecule has 37 valence electrons. The lowest BCUT2D eigenvalue weighted by Gasteiger charge is -1.75. The number of nitrogens with zero attached hydrogens (tertiary/aromatic N) is 1. The second-order valence-electron chi connectivity index (χ2n) is 1.51. The molecule has 0 atom stereocenters. The zero-order chi connectivity index (χ0) is 4.95. The molecule has 0 N–H and O–H groups in total. The van der Waals surface area contributed by atoms with Crippen LogP contribution in [0.3, 0.4) is 0 Å². The van der Waals surface area contributed by atoms with Crippen LogP contribution in [0.5, 0.6) is 0 Å². The number of allylic oxidation sites excluding steroid dienone is 1. The van der Waals surface area contributed by atoms with E-state index < -0.39 is 0 Å². The van der Waals surface area contributed by atoms with Crippen molar-refractivity contribution >= 4 is 6.21 Å². The number of rotatable bonds is 0. The molecule has 0 aromatic carbocycles. The highest BCUT2D eigenvalue weighted by Crippen LogP contribution is 1.90. The summed E-state index contributed by atoms with van der Waals surface area (Å²) in [5.74, 6) is 0. The van der Waals surface area contributed by atoms with Crippen LogP contribution in [0.4, 0.5) is 0 Å². The van der Waals surface area contributed by atoms with Gasteiger partial charge in [0.1, 0.15) is 0 Å². The fraction of sp³-hybridized carbons (Fsp3) is 0.500. The van der Waals surface area contributed by atoms with Crippen molar-refractivity contribution in [1.82, 2.24) is 0 Å². The zero-order valence-electron chi connectivity index (χ0n) is 4.22. The van der Waals surface area contributed by atoms with Crippen molar-refractivity contribution in [2.45, 2.75) is 12.8 Å². The molecule has 0 bridgehead atoms. The zero-order valence-corrected chi connectivity index (χ0v) is 4.22. The monoisotopic (exact) mass is 94.1 g/mol. The second kappa shape index (κ2) is 2.56. The summed E-state index contributed by atoms with van der Waals surface area (Å²) in [6.45, 7) is 0.764. The molecule has 0 aromatic heterocycles.